The molecule has 0 spiro atoms. The zero-order valence-corrected chi connectivity index (χ0v) is 8.47. The number of carbonyl (C=O) groups is 1. The van der Waals surface area contributed by atoms with Crippen LogP contribution in [0.25, 0.3) is 0 Å². The molecule has 1 rings (SSSR count). The smallest absolute Gasteiger partial charge is 0.133 e. The molecule has 0 amide bonds. The third-order valence-corrected chi connectivity index (χ3v) is 2.76. The highest BCUT2D eigenvalue weighted by Gasteiger charge is 2.20. The van der Waals surface area contributed by atoms with Crippen molar-refractivity contribution in [1.82, 2.24) is 0 Å². The van der Waals surface area contributed by atoms with Crippen molar-refractivity contribution in [2.75, 3.05) is 0 Å². The molecule has 0 N–H and O–H groups in total. The molecule has 1 aliphatic rings. The van der Waals surface area contributed by atoms with Gasteiger partial charge in [0.1, 0.15) is 5.78 Å². The van der Waals surface area contributed by atoms with Crippen LogP contribution in [0.5, 0.6) is 0 Å². The Bertz CT molecular complexity index is 146. The largest absolute Gasteiger partial charge is 0.300 e. The van der Waals surface area contributed by atoms with Gasteiger partial charge in [0.05, 0.1) is 0 Å². The number of hydrogen-bond acceptors (Lipinski definition) is 1. The van der Waals surface area contributed by atoms with Gasteiger partial charge in [0.25, 0.3) is 0 Å². The fourth-order valence-corrected chi connectivity index (χ4v) is 2.50. The molecule has 1 saturated carbocycles. The summed E-state index contributed by atoms with van der Waals surface area (Å²) in [5.74, 6) is 2.50. The van der Waals surface area contributed by atoms with Gasteiger partial charge in [0.15, 0.2) is 0 Å². The Labute approximate surface area is 75.5 Å². The van der Waals surface area contributed by atoms with Gasteiger partial charge in [-0.2, -0.15) is 0 Å². The molecule has 1 aliphatic carbocycles. The summed E-state index contributed by atoms with van der Waals surface area (Å²) in [6, 6.07) is 0. The minimum atomic E-state index is 0.474. The molecule has 0 bridgehead atoms. The van der Waals surface area contributed by atoms with Crippen LogP contribution in [0.3, 0.4) is 0 Å². The average molecular weight is 168 g/mol. The van der Waals surface area contributed by atoms with Crippen molar-refractivity contribution in [2.45, 2.75) is 46.5 Å². The number of hydrogen-bond donors (Lipinski definition) is 0. The molecule has 0 radical (unpaired) electrons. The van der Waals surface area contributed by atoms with E-state index in [0.717, 1.165) is 18.8 Å². The van der Waals surface area contributed by atoms with Crippen molar-refractivity contribution in [1.29, 1.82) is 0 Å². The molecule has 0 aromatic heterocycles. The van der Waals surface area contributed by atoms with Gasteiger partial charge in [-0.3, -0.25) is 4.79 Å². The van der Waals surface area contributed by atoms with Crippen molar-refractivity contribution in [3.8, 4) is 0 Å². The molecule has 0 aromatic rings. The lowest BCUT2D eigenvalue weighted by Gasteiger charge is -2.23. The third kappa shape index (κ3) is 2.96. The number of ketones is 1. The van der Waals surface area contributed by atoms with Gasteiger partial charge in [0, 0.05) is 12.8 Å². The second kappa shape index (κ2) is 4.06. The SMILES string of the molecule is CC1C[C@H](C)CC(=O)C[C@H](C)C1. The summed E-state index contributed by atoms with van der Waals surface area (Å²) in [6.45, 7) is 6.71. The highest BCUT2D eigenvalue weighted by atomic mass is 16.1. The maximum Gasteiger partial charge on any atom is 0.133 e. The van der Waals surface area contributed by atoms with Crippen LogP contribution < -0.4 is 0 Å². The van der Waals surface area contributed by atoms with Crippen LogP contribution in [0.15, 0.2) is 0 Å². The molecular weight excluding hydrogens is 148 g/mol. The first kappa shape index (κ1) is 9.76. The highest BCUT2D eigenvalue weighted by molar-refractivity contribution is 5.78. The Hall–Kier alpha value is -0.330. The van der Waals surface area contributed by atoms with E-state index in [-0.39, 0.29) is 0 Å². The van der Waals surface area contributed by atoms with Crippen LogP contribution in [0.2, 0.25) is 0 Å². The lowest BCUT2D eigenvalue weighted by Crippen LogP contribution is -2.18. The Morgan fingerprint density at radius 1 is 0.917 bits per heavy atom. The average Bonchev–Trinajstić information content (AvgIpc) is 1.81. The summed E-state index contributed by atoms with van der Waals surface area (Å²) in [6.07, 6.45) is 4.09. The molecule has 0 aromatic carbocycles. The summed E-state index contributed by atoms with van der Waals surface area (Å²) in [7, 11) is 0. The molecule has 1 heteroatoms. The van der Waals surface area contributed by atoms with Crippen LogP contribution in [0, 0.1) is 17.8 Å². The molecule has 1 unspecified atom stereocenters. The van der Waals surface area contributed by atoms with Gasteiger partial charge in [-0.15, -0.1) is 0 Å². The predicted octanol–water partition coefficient (Wildman–Crippen LogP) is 3.04. The van der Waals surface area contributed by atoms with Crippen LogP contribution >= 0.6 is 0 Å². The quantitative estimate of drug-likeness (QED) is 0.543. The lowest BCUT2D eigenvalue weighted by molar-refractivity contribution is -0.121. The molecule has 0 heterocycles. The standard InChI is InChI=1S/C11H20O/c1-8-4-9(2)6-11(12)7-10(3)5-8/h8-10H,4-7H2,1-3H3/t8?,9-,10+. The van der Waals surface area contributed by atoms with E-state index in [1.165, 1.54) is 12.8 Å². The molecule has 12 heavy (non-hydrogen) atoms. The monoisotopic (exact) mass is 168 g/mol. The summed E-state index contributed by atoms with van der Waals surface area (Å²) in [5.41, 5.74) is 0. The second-order valence-corrected chi connectivity index (χ2v) is 4.73. The molecule has 1 fully saturated rings. The fourth-order valence-electron chi connectivity index (χ4n) is 2.50. The minimum absolute atomic E-state index is 0.474. The number of carbonyl (C=O) groups excluding carboxylic acids is 1. The van der Waals surface area contributed by atoms with Gasteiger partial charge in [-0.1, -0.05) is 20.8 Å². The summed E-state index contributed by atoms with van der Waals surface area (Å²) in [4.78, 5) is 11.4. The molecule has 1 nitrogen and oxygen atoms in total. The Morgan fingerprint density at radius 3 is 1.75 bits per heavy atom. The number of rotatable bonds is 0. The first-order valence-corrected chi connectivity index (χ1v) is 5.09. The fraction of sp³-hybridized carbons (Fsp3) is 0.909. The highest BCUT2D eigenvalue weighted by Crippen LogP contribution is 2.27. The van der Waals surface area contributed by atoms with E-state index >= 15 is 0 Å². The van der Waals surface area contributed by atoms with Crippen LogP contribution in [-0.2, 0) is 4.79 Å². The maximum absolute atomic E-state index is 11.4. The van der Waals surface area contributed by atoms with Crippen molar-refractivity contribution in [3.63, 3.8) is 0 Å². The maximum atomic E-state index is 11.4. The lowest BCUT2D eigenvalue weighted by atomic mass is 9.81. The van der Waals surface area contributed by atoms with Crippen molar-refractivity contribution in [2.24, 2.45) is 17.8 Å². The van der Waals surface area contributed by atoms with Crippen LogP contribution in [-0.4, -0.2) is 5.78 Å². The topological polar surface area (TPSA) is 17.1 Å². The molecule has 0 saturated heterocycles. The summed E-state index contributed by atoms with van der Waals surface area (Å²) >= 11 is 0. The Kier molecular flexibility index (Phi) is 3.30. The van der Waals surface area contributed by atoms with E-state index in [4.69, 9.17) is 0 Å². The summed E-state index contributed by atoms with van der Waals surface area (Å²) < 4.78 is 0. The molecule has 70 valence electrons. The molecule has 3 atom stereocenters. The van der Waals surface area contributed by atoms with E-state index in [2.05, 4.69) is 20.8 Å². The first-order valence-electron chi connectivity index (χ1n) is 5.09. The van der Waals surface area contributed by atoms with E-state index in [9.17, 15) is 4.79 Å². The predicted molar refractivity (Wildman–Crippen MR) is 51.0 cm³/mol. The van der Waals surface area contributed by atoms with Gasteiger partial charge in [-0.05, 0) is 30.6 Å². The van der Waals surface area contributed by atoms with Crippen LogP contribution in [0.1, 0.15) is 46.5 Å². The zero-order chi connectivity index (χ0) is 9.14. The van der Waals surface area contributed by atoms with E-state index in [1.54, 1.807) is 0 Å². The van der Waals surface area contributed by atoms with Crippen molar-refractivity contribution in [3.05, 3.63) is 0 Å². The van der Waals surface area contributed by atoms with Crippen molar-refractivity contribution >= 4 is 5.78 Å². The minimum Gasteiger partial charge on any atom is -0.300 e. The van der Waals surface area contributed by atoms with Gasteiger partial charge < -0.3 is 0 Å². The third-order valence-electron chi connectivity index (χ3n) is 2.76. The van der Waals surface area contributed by atoms with Gasteiger partial charge in [-0.25, -0.2) is 0 Å². The van der Waals surface area contributed by atoms with E-state index in [0.29, 0.717) is 17.6 Å². The number of Topliss-reactive ketones (excluding diaryl/α,β-unsaturated/α-hetero) is 1. The van der Waals surface area contributed by atoms with Gasteiger partial charge in [0.2, 0.25) is 0 Å². The van der Waals surface area contributed by atoms with Crippen molar-refractivity contribution < 1.29 is 4.79 Å². The van der Waals surface area contributed by atoms with E-state index < -0.39 is 0 Å². The van der Waals surface area contributed by atoms with Crippen LogP contribution in [0.4, 0.5) is 0 Å². The second-order valence-electron chi connectivity index (χ2n) is 4.73. The summed E-state index contributed by atoms with van der Waals surface area (Å²) in [5, 5.41) is 0. The Morgan fingerprint density at radius 2 is 1.33 bits per heavy atom. The molecular formula is C11H20O. The zero-order valence-electron chi connectivity index (χ0n) is 8.47. The normalized spacial score (nSPS) is 38.9. The van der Waals surface area contributed by atoms with E-state index in [1.807, 2.05) is 0 Å². The van der Waals surface area contributed by atoms with Gasteiger partial charge >= 0.3 is 0 Å². The Balaban J connectivity index is 2.51. The molecule has 0 aliphatic heterocycles. The first-order chi connectivity index (χ1) is 5.58.